The van der Waals surface area contributed by atoms with Gasteiger partial charge in [-0.3, -0.25) is 0 Å². The average molecular weight is 152 g/mol. The summed E-state index contributed by atoms with van der Waals surface area (Å²) in [5.74, 6) is 0.804. The van der Waals surface area contributed by atoms with Crippen LogP contribution in [0.1, 0.15) is 25.5 Å². The number of carbonyl (C=O) groups excluding carboxylic acids is 1. The Kier molecular flexibility index (Phi) is 2.18. The Labute approximate surface area is 63.9 Å². The molecule has 58 valence electrons. The highest BCUT2D eigenvalue weighted by atomic mass is 16.5. The van der Waals surface area contributed by atoms with Crippen molar-refractivity contribution in [2.24, 2.45) is 4.99 Å². The first-order valence-corrected chi connectivity index (χ1v) is 3.28. The van der Waals surface area contributed by atoms with Gasteiger partial charge in [0.2, 0.25) is 6.08 Å². The molecule has 0 aromatic carbocycles. The van der Waals surface area contributed by atoms with Crippen molar-refractivity contribution < 1.29 is 9.32 Å². The van der Waals surface area contributed by atoms with Crippen molar-refractivity contribution >= 4 is 11.8 Å². The quantitative estimate of drug-likeness (QED) is 0.479. The molecule has 11 heavy (non-hydrogen) atoms. The molecule has 0 saturated carbocycles. The lowest BCUT2D eigenvalue weighted by atomic mass is 10.1. The molecule has 1 heterocycles. The first-order chi connectivity index (χ1) is 5.25. The van der Waals surface area contributed by atoms with E-state index in [1.807, 2.05) is 13.8 Å². The fraction of sp³-hybridized carbons (Fsp3) is 0.429. The molecule has 0 amide bonds. The van der Waals surface area contributed by atoms with Gasteiger partial charge >= 0.3 is 0 Å². The van der Waals surface area contributed by atoms with Crippen molar-refractivity contribution in [2.45, 2.75) is 19.8 Å². The van der Waals surface area contributed by atoms with E-state index in [1.54, 1.807) is 0 Å². The Bertz CT molecular complexity index is 284. The summed E-state index contributed by atoms with van der Waals surface area (Å²) in [4.78, 5) is 13.3. The van der Waals surface area contributed by atoms with Crippen LogP contribution < -0.4 is 0 Å². The fourth-order valence-electron chi connectivity index (χ4n) is 0.778. The first-order valence-electron chi connectivity index (χ1n) is 3.28. The zero-order valence-electron chi connectivity index (χ0n) is 6.37. The van der Waals surface area contributed by atoms with Crippen LogP contribution in [0.5, 0.6) is 0 Å². The second kappa shape index (κ2) is 3.12. The Hall–Kier alpha value is -1.41. The molecule has 0 N–H and O–H groups in total. The third-order valence-electron chi connectivity index (χ3n) is 1.27. The molecule has 0 aliphatic rings. The molecule has 0 atom stereocenters. The predicted octanol–water partition coefficient (Wildman–Crippen LogP) is 1.77. The van der Waals surface area contributed by atoms with Gasteiger partial charge in [0.15, 0.2) is 5.76 Å². The molecule has 0 aliphatic carbocycles. The molecule has 0 bridgehead atoms. The molecule has 0 fully saturated rings. The number of hydrogen-bond donors (Lipinski definition) is 0. The maximum Gasteiger partial charge on any atom is 0.240 e. The highest BCUT2D eigenvalue weighted by Gasteiger charge is 2.10. The molecule has 1 aromatic rings. The molecule has 0 spiro atoms. The third kappa shape index (κ3) is 1.53. The van der Waals surface area contributed by atoms with Gasteiger partial charge in [-0.2, -0.15) is 4.99 Å². The topological polar surface area (TPSA) is 55.5 Å². The minimum atomic E-state index is 0.185. The number of nitrogens with zero attached hydrogens (tertiary/aromatic N) is 2. The number of hydrogen-bond acceptors (Lipinski definition) is 4. The highest BCUT2D eigenvalue weighted by molar-refractivity contribution is 5.49. The van der Waals surface area contributed by atoms with Gasteiger partial charge in [-0.05, 0) is 0 Å². The summed E-state index contributed by atoms with van der Waals surface area (Å²) >= 11 is 0. The summed E-state index contributed by atoms with van der Waals surface area (Å²) in [6.07, 6.45) is 2.84. The summed E-state index contributed by atoms with van der Waals surface area (Å²) < 4.78 is 4.86. The minimum absolute atomic E-state index is 0.185. The first kappa shape index (κ1) is 7.69. The molecule has 1 rings (SSSR count). The molecule has 0 radical (unpaired) electrons. The summed E-state index contributed by atoms with van der Waals surface area (Å²) in [7, 11) is 0. The number of aliphatic imine (C=N–C) groups is 1. The summed E-state index contributed by atoms with van der Waals surface area (Å²) in [6, 6.07) is 0. The molecular formula is C7H8N2O2. The van der Waals surface area contributed by atoms with Gasteiger partial charge < -0.3 is 4.52 Å². The van der Waals surface area contributed by atoms with Crippen LogP contribution in [0.3, 0.4) is 0 Å². The zero-order valence-corrected chi connectivity index (χ0v) is 6.37. The summed E-state index contributed by atoms with van der Waals surface area (Å²) in [5.41, 5.74) is 0.468. The smallest absolute Gasteiger partial charge is 0.240 e. The van der Waals surface area contributed by atoms with Crippen LogP contribution in [-0.4, -0.2) is 11.2 Å². The van der Waals surface area contributed by atoms with E-state index in [9.17, 15) is 4.79 Å². The van der Waals surface area contributed by atoms with Gasteiger partial charge in [0.1, 0.15) is 5.69 Å². The lowest BCUT2D eigenvalue weighted by Gasteiger charge is -1.96. The second-order valence-electron chi connectivity index (χ2n) is 2.43. The molecule has 4 heteroatoms. The summed E-state index contributed by atoms with van der Waals surface area (Å²) in [5, 5.41) is 3.51. The van der Waals surface area contributed by atoms with E-state index in [0.717, 1.165) is 0 Å². The fourth-order valence-corrected chi connectivity index (χ4v) is 0.778. The standard InChI is InChI=1S/C7H8N2O2/c1-5(2)7-6(8-4-10)3-9-11-7/h3,5H,1-2H3. The molecule has 4 nitrogen and oxygen atoms in total. The Morgan fingerprint density at radius 1 is 1.73 bits per heavy atom. The zero-order chi connectivity index (χ0) is 8.27. The van der Waals surface area contributed by atoms with Gasteiger partial charge in [-0.15, -0.1) is 0 Å². The molecule has 0 unspecified atom stereocenters. The van der Waals surface area contributed by atoms with Crippen LogP contribution in [-0.2, 0) is 4.79 Å². The van der Waals surface area contributed by atoms with Crippen LogP contribution >= 0.6 is 0 Å². The van der Waals surface area contributed by atoms with E-state index in [-0.39, 0.29) is 5.92 Å². The minimum Gasteiger partial charge on any atom is -0.359 e. The lowest BCUT2D eigenvalue weighted by molar-refractivity contribution is 0.371. The van der Waals surface area contributed by atoms with Crippen LogP contribution in [0.15, 0.2) is 15.7 Å². The van der Waals surface area contributed by atoms with Gasteiger partial charge in [0.05, 0.1) is 6.20 Å². The van der Waals surface area contributed by atoms with Crippen molar-refractivity contribution in [1.29, 1.82) is 0 Å². The third-order valence-corrected chi connectivity index (χ3v) is 1.27. The largest absolute Gasteiger partial charge is 0.359 e. The van der Waals surface area contributed by atoms with Crippen molar-refractivity contribution in [2.75, 3.05) is 0 Å². The number of rotatable bonds is 2. The molecular weight excluding hydrogens is 144 g/mol. The van der Waals surface area contributed by atoms with Crippen LogP contribution in [0.25, 0.3) is 0 Å². The molecule has 0 saturated heterocycles. The Balaban J connectivity index is 3.05. The lowest BCUT2D eigenvalue weighted by Crippen LogP contribution is -1.82. The maximum absolute atomic E-state index is 9.89. The van der Waals surface area contributed by atoms with Crippen molar-refractivity contribution in [1.82, 2.24) is 5.16 Å². The van der Waals surface area contributed by atoms with Gasteiger partial charge in [0.25, 0.3) is 0 Å². The van der Waals surface area contributed by atoms with E-state index in [2.05, 4.69) is 10.1 Å². The normalized spacial score (nSPS) is 9.73. The van der Waals surface area contributed by atoms with Crippen LogP contribution in [0, 0.1) is 0 Å². The van der Waals surface area contributed by atoms with Crippen LogP contribution in [0.4, 0.5) is 5.69 Å². The summed E-state index contributed by atoms with van der Waals surface area (Å²) in [6.45, 7) is 3.87. The van der Waals surface area contributed by atoms with Crippen LogP contribution in [0.2, 0.25) is 0 Å². The monoisotopic (exact) mass is 152 g/mol. The van der Waals surface area contributed by atoms with Crippen molar-refractivity contribution in [3.8, 4) is 0 Å². The Morgan fingerprint density at radius 3 is 3.00 bits per heavy atom. The second-order valence-corrected chi connectivity index (χ2v) is 2.43. The van der Waals surface area contributed by atoms with Crippen molar-refractivity contribution in [3.05, 3.63) is 12.0 Å². The van der Waals surface area contributed by atoms with E-state index in [1.165, 1.54) is 12.3 Å². The van der Waals surface area contributed by atoms with Crippen molar-refractivity contribution in [3.63, 3.8) is 0 Å². The number of isocyanates is 1. The van der Waals surface area contributed by atoms with E-state index < -0.39 is 0 Å². The predicted molar refractivity (Wildman–Crippen MR) is 38.4 cm³/mol. The average Bonchev–Trinajstić information content (AvgIpc) is 2.36. The maximum atomic E-state index is 9.89. The Morgan fingerprint density at radius 2 is 2.45 bits per heavy atom. The SMILES string of the molecule is CC(C)c1oncc1N=C=O. The molecule has 1 aromatic heterocycles. The van der Waals surface area contributed by atoms with Gasteiger partial charge in [-0.25, -0.2) is 4.79 Å². The van der Waals surface area contributed by atoms with E-state index >= 15 is 0 Å². The van der Waals surface area contributed by atoms with Gasteiger partial charge in [0, 0.05) is 5.92 Å². The van der Waals surface area contributed by atoms with Gasteiger partial charge in [-0.1, -0.05) is 19.0 Å². The highest BCUT2D eigenvalue weighted by Crippen LogP contribution is 2.25. The molecule has 0 aliphatic heterocycles. The van der Waals surface area contributed by atoms with E-state index in [4.69, 9.17) is 4.52 Å². The van der Waals surface area contributed by atoms with E-state index in [0.29, 0.717) is 11.4 Å². The number of aromatic nitrogens is 1.